The molecule has 0 radical (unpaired) electrons. The van der Waals surface area contributed by atoms with Crippen LogP contribution in [0.15, 0.2) is 84.9 Å². The number of benzene rings is 3. The number of amides is 1. The Bertz CT molecular complexity index is 1710. The number of nitrogens with one attached hydrogen (secondary N) is 1. The normalized spacial score (nSPS) is 11.3. The van der Waals surface area contributed by atoms with Crippen LogP contribution in [-0.2, 0) is 0 Å². The lowest BCUT2D eigenvalue weighted by molar-refractivity contribution is 0.102. The van der Waals surface area contributed by atoms with Gasteiger partial charge in [0.15, 0.2) is 0 Å². The molecule has 0 atom stereocenters. The van der Waals surface area contributed by atoms with E-state index in [9.17, 15) is 4.79 Å². The molecule has 1 amide bonds. The number of carbonyl (C=O) groups excluding carboxylic acids is 1. The van der Waals surface area contributed by atoms with E-state index in [1.807, 2.05) is 54.6 Å². The zero-order valence-corrected chi connectivity index (χ0v) is 20.8. The maximum Gasteiger partial charge on any atom is 0.256 e. The summed E-state index contributed by atoms with van der Waals surface area (Å²) in [5.74, 6) is -0.152. The Labute approximate surface area is 210 Å². The van der Waals surface area contributed by atoms with Gasteiger partial charge in [-0.25, -0.2) is 9.97 Å². The molecule has 3 heterocycles. The summed E-state index contributed by atoms with van der Waals surface area (Å²) in [5.41, 5.74) is 6.25. The van der Waals surface area contributed by atoms with E-state index in [-0.39, 0.29) is 5.91 Å². The van der Waals surface area contributed by atoms with Gasteiger partial charge in [0.05, 0.1) is 31.9 Å². The van der Waals surface area contributed by atoms with Crippen LogP contribution < -0.4 is 5.32 Å². The number of para-hydroxylation sites is 1. The van der Waals surface area contributed by atoms with Crippen molar-refractivity contribution in [2.75, 3.05) is 5.32 Å². The summed E-state index contributed by atoms with van der Waals surface area (Å²) in [6.45, 7) is 4.16. The molecule has 6 rings (SSSR count). The molecule has 0 aliphatic heterocycles. The van der Waals surface area contributed by atoms with Gasteiger partial charge >= 0.3 is 0 Å². The fraction of sp³-hybridized carbons (Fsp3) is 0.0690. The predicted molar refractivity (Wildman–Crippen MR) is 148 cm³/mol. The molecule has 0 saturated heterocycles. The first-order valence-electron chi connectivity index (χ1n) is 11.3. The van der Waals surface area contributed by atoms with Crippen LogP contribution >= 0.6 is 22.7 Å². The molecule has 3 aromatic carbocycles. The van der Waals surface area contributed by atoms with Gasteiger partial charge in [0.1, 0.15) is 5.01 Å². The zero-order chi connectivity index (χ0) is 23.9. The molecule has 0 unspecified atom stereocenters. The quantitative estimate of drug-likeness (QED) is 0.271. The molecule has 0 aliphatic carbocycles. The van der Waals surface area contributed by atoms with E-state index in [1.54, 1.807) is 22.7 Å². The first kappa shape index (κ1) is 21.6. The van der Waals surface area contributed by atoms with Crippen molar-refractivity contribution in [3.05, 3.63) is 101 Å². The van der Waals surface area contributed by atoms with E-state index in [2.05, 4.69) is 49.5 Å². The number of anilines is 1. The van der Waals surface area contributed by atoms with E-state index in [4.69, 9.17) is 9.97 Å². The van der Waals surface area contributed by atoms with Crippen LogP contribution in [0.25, 0.3) is 42.3 Å². The predicted octanol–water partition coefficient (Wildman–Crippen LogP) is 8.11. The van der Waals surface area contributed by atoms with Crippen LogP contribution in [-0.4, -0.2) is 15.9 Å². The molecule has 0 bridgehead atoms. The fourth-order valence-electron chi connectivity index (χ4n) is 4.11. The van der Waals surface area contributed by atoms with Crippen LogP contribution in [0.1, 0.15) is 20.8 Å². The molecule has 1 N–H and O–H groups in total. The second kappa shape index (κ2) is 8.73. The van der Waals surface area contributed by atoms with E-state index in [0.29, 0.717) is 5.56 Å². The Morgan fingerprint density at radius 1 is 0.800 bits per heavy atom. The summed E-state index contributed by atoms with van der Waals surface area (Å²) < 4.78 is 1.18. The number of thiazole rings is 1. The van der Waals surface area contributed by atoms with Crippen LogP contribution in [0.4, 0.5) is 5.69 Å². The third kappa shape index (κ3) is 4.22. The molecule has 0 fully saturated rings. The van der Waals surface area contributed by atoms with E-state index in [0.717, 1.165) is 43.2 Å². The molecule has 0 saturated carbocycles. The first-order chi connectivity index (χ1) is 17.0. The topological polar surface area (TPSA) is 54.9 Å². The lowest BCUT2D eigenvalue weighted by atomic mass is 10.1. The number of aromatic nitrogens is 2. The summed E-state index contributed by atoms with van der Waals surface area (Å²) in [6, 6.07) is 28.0. The van der Waals surface area contributed by atoms with E-state index in [1.165, 1.54) is 15.1 Å². The van der Waals surface area contributed by atoms with Gasteiger partial charge in [0.25, 0.3) is 5.91 Å². The minimum atomic E-state index is -0.152. The molecule has 35 heavy (non-hydrogen) atoms. The average Bonchev–Trinajstić information content (AvgIpc) is 3.49. The Morgan fingerprint density at radius 3 is 2.43 bits per heavy atom. The van der Waals surface area contributed by atoms with Crippen molar-refractivity contribution in [2.45, 2.75) is 13.8 Å². The molecule has 3 aromatic heterocycles. The van der Waals surface area contributed by atoms with Gasteiger partial charge in [0.2, 0.25) is 0 Å². The third-order valence-electron chi connectivity index (χ3n) is 5.89. The number of carbonyl (C=O) groups is 1. The molecule has 0 aliphatic rings. The van der Waals surface area contributed by atoms with Crippen molar-refractivity contribution < 1.29 is 4.79 Å². The Hall–Kier alpha value is -3.87. The highest BCUT2D eigenvalue weighted by Crippen LogP contribution is 2.32. The number of hydrogen-bond acceptors (Lipinski definition) is 5. The standard InChI is InChI=1S/C29H21N3OS2/c1-17-7-13-24-27(15-17)35-29(32-24)19-9-11-20(12-10-19)30-28(33)22-16-25(26-14-8-18(2)34-26)31-23-6-4-3-5-21(22)23/h3-16H,1-2H3,(H,30,33). The summed E-state index contributed by atoms with van der Waals surface area (Å²) in [7, 11) is 0. The van der Waals surface area contributed by atoms with Gasteiger partial charge in [-0.2, -0.15) is 0 Å². The number of rotatable bonds is 4. The number of nitrogens with zero attached hydrogens (tertiary/aromatic N) is 2. The second-order valence-electron chi connectivity index (χ2n) is 8.50. The lowest BCUT2D eigenvalue weighted by Crippen LogP contribution is -2.13. The minimum absolute atomic E-state index is 0.152. The van der Waals surface area contributed by atoms with Crippen LogP contribution in [0.3, 0.4) is 0 Å². The Kier molecular flexibility index (Phi) is 5.40. The van der Waals surface area contributed by atoms with Crippen molar-refractivity contribution >= 4 is 55.4 Å². The maximum absolute atomic E-state index is 13.4. The van der Waals surface area contributed by atoms with Gasteiger partial charge in [-0.05, 0) is 80.1 Å². The molecule has 170 valence electrons. The molecular weight excluding hydrogens is 470 g/mol. The summed E-state index contributed by atoms with van der Waals surface area (Å²) in [5, 5.41) is 4.87. The number of fused-ring (bicyclic) bond motifs is 2. The fourth-order valence-corrected chi connectivity index (χ4v) is 6.01. The Morgan fingerprint density at radius 2 is 1.63 bits per heavy atom. The van der Waals surface area contributed by atoms with E-state index < -0.39 is 0 Å². The molecule has 6 heteroatoms. The smallest absolute Gasteiger partial charge is 0.256 e. The van der Waals surface area contributed by atoms with Gasteiger partial charge in [-0.15, -0.1) is 22.7 Å². The maximum atomic E-state index is 13.4. The summed E-state index contributed by atoms with van der Waals surface area (Å²) in [6.07, 6.45) is 0. The van der Waals surface area contributed by atoms with Gasteiger partial charge in [0, 0.05) is 21.5 Å². The number of hydrogen-bond donors (Lipinski definition) is 1. The summed E-state index contributed by atoms with van der Waals surface area (Å²) >= 11 is 3.36. The highest BCUT2D eigenvalue weighted by atomic mass is 32.1. The minimum Gasteiger partial charge on any atom is -0.322 e. The SMILES string of the molecule is Cc1ccc2nc(-c3ccc(NC(=O)c4cc(-c5ccc(C)s5)nc5ccccc45)cc3)sc2c1. The highest BCUT2D eigenvalue weighted by molar-refractivity contribution is 7.21. The Balaban J connectivity index is 1.30. The molecule has 0 spiro atoms. The highest BCUT2D eigenvalue weighted by Gasteiger charge is 2.15. The summed E-state index contributed by atoms with van der Waals surface area (Å²) in [4.78, 5) is 25.2. The van der Waals surface area contributed by atoms with Crippen molar-refractivity contribution in [1.29, 1.82) is 0 Å². The number of aryl methyl sites for hydroxylation is 2. The van der Waals surface area contributed by atoms with Crippen molar-refractivity contribution in [2.24, 2.45) is 0 Å². The van der Waals surface area contributed by atoms with Crippen molar-refractivity contribution in [3.63, 3.8) is 0 Å². The monoisotopic (exact) mass is 491 g/mol. The van der Waals surface area contributed by atoms with Crippen LogP contribution in [0, 0.1) is 13.8 Å². The van der Waals surface area contributed by atoms with Gasteiger partial charge in [-0.3, -0.25) is 4.79 Å². The van der Waals surface area contributed by atoms with Gasteiger partial charge < -0.3 is 5.32 Å². The first-order valence-corrected chi connectivity index (χ1v) is 12.9. The van der Waals surface area contributed by atoms with E-state index >= 15 is 0 Å². The number of thiophene rings is 1. The third-order valence-corrected chi connectivity index (χ3v) is 7.98. The van der Waals surface area contributed by atoms with Crippen LogP contribution in [0.5, 0.6) is 0 Å². The largest absolute Gasteiger partial charge is 0.322 e. The van der Waals surface area contributed by atoms with Crippen molar-refractivity contribution in [1.82, 2.24) is 9.97 Å². The second-order valence-corrected chi connectivity index (χ2v) is 10.8. The molecule has 4 nitrogen and oxygen atoms in total. The van der Waals surface area contributed by atoms with Gasteiger partial charge in [-0.1, -0.05) is 24.3 Å². The average molecular weight is 492 g/mol. The molecule has 6 aromatic rings. The van der Waals surface area contributed by atoms with Crippen molar-refractivity contribution in [3.8, 4) is 21.1 Å². The van der Waals surface area contributed by atoms with Crippen LogP contribution in [0.2, 0.25) is 0 Å². The zero-order valence-electron chi connectivity index (χ0n) is 19.2. The number of pyridine rings is 1. The molecular formula is C29H21N3OS2. The lowest BCUT2D eigenvalue weighted by Gasteiger charge is -2.10.